The summed E-state index contributed by atoms with van der Waals surface area (Å²) in [5.41, 5.74) is 3.67. The number of hydrogen-bond acceptors (Lipinski definition) is 7. The van der Waals surface area contributed by atoms with Gasteiger partial charge in [0.1, 0.15) is 11.4 Å². The fourth-order valence-electron chi connectivity index (χ4n) is 4.09. The number of hydrogen-bond donors (Lipinski definition) is 1. The van der Waals surface area contributed by atoms with Gasteiger partial charge in [-0.25, -0.2) is 4.98 Å². The van der Waals surface area contributed by atoms with E-state index in [9.17, 15) is 14.7 Å². The number of aliphatic hydroxyl groups is 1. The number of thiazole rings is 1. The van der Waals surface area contributed by atoms with Crippen molar-refractivity contribution in [2.75, 3.05) is 19.4 Å². The molecule has 2 heterocycles. The molecule has 1 saturated heterocycles. The SMILES string of the molecule is COc1ccc(-c2cccc(C[C@H](O)/C=C/[C@H]3CCC(=O)N3CCSc3nc(C=O)cs3)c2)cc1. The van der Waals surface area contributed by atoms with Crippen molar-refractivity contribution in [2.45, 2.75) is 35.7 Å². The lowest BCUT2D eigenvalue weighted by Crippen LogP contribution is -2.33. The molecule has 0 saturated carbocycles. The van der Waals surface area contributed by atoms with Gasteiger partial charge in [0.05, 0.1) is 19.3 Å². The summed E-state index contributed by atoms with van der Waals surface area (Å²) >= 11 is 2.99. The lowest BCUT2D eigenvalue weighted by atomic mass is 10.00. The van der Waals surface area contributed by atoms with Gasteiger partial charge >= 0.3 is 0 Å². The van der Waals surface area contributed by atoms with Gasteiger partial charge in [-0.3, -0.25) is 9.59 Å². The highest BCUT2D eigenvalue weighted by atomic mass is 32.2. The number of carbonyl (C=O) groups excluding carboxylic acids is 2. The summed E-state index contributed by atoms with van der Waals surface area (Å²) < 4.78 is 6.06. The zero-order valence-electron chi connectivity index (χ0n) is 19.5. The van der Waals surface area contributed by atoms with Gasteiger partial charge in [0.15, 0.2) is 10.6 Å². The van der Waals surface area contributed by atoms with Crippen molar-refractivity contribution in [3.05, 3.63) is 77.3 Å². The number of aliphatic hydroxyl groups excluding tert-OH is 1. The molecular formula is C27H28N2O4S2. The monoisotopic (exact) mass is 508 g/mol. The van der Waals surface area contributed by atoms with Crippen molar-refractivity contribution in [1.29, 1.82) is 0 Å². The largest absolute Gasteiger partial charge is 0.497 e. The predicted molar refractivity (Wildman–Crippen MR) is 140 cm³/mol. The molecule has 0 unspecified atom stereocenters. The molecule has 1 fully saturated rings. The Bertz CT molecular complexity index is 1180. The quantitative estimate of drug-likeness (QED) is 0.226. The number of benzene rings is 2. The maximum atomic E-state index is 12.4. The van der Waals surface area contributed by atoms with E-state index in [-0.39, 0.29) is 11.9 Å². The summed E-state index contributed by atoms with van der Waals surface area (Å²) in [6.07, 6.45) is 5.65. The fourth-order valence-corrected chi connectivity index (χ4v) is 5.88. The molecule has 6 nitrogen and oxygen atoms in total. The second-order valence-corrected chi connectivity index (χ2v) is 10.5. The van der Waals surface area contributed by atoms with Gasteiger partial charge in [0.2, 0.25) is 5.91 Å². The van der Waals surface area contributed by atoms with Crippen LogP contribution in [0.5, 0.6) is 5.75 Å². The smallest absolute Gasteiger partial charge is 0.223 e. The van der Waals surface area contributed by atoms with Crippen molar-refractivity contribution < 1.29 is 19.4 Å². The standard InChI is InChI=1S/C27H28N2O4S2/c1-33-25-10-5-20(6-11-25)21-4-2-3-19(15-21)16-24(31)9-7-23-8-12-26(32)29(23)13-14-34-27-28-22(17-30)18-35-27/h2-7,9-11,15,17-18,23-24,31H,8,12-14,16H2,1H3/b9-7+/t23-,24+/m0/s1. The van der Waals surface area contributed by atoms with Crippen LogP contribution in [-0.4, -0.2) is 58.7 Å². The van der Waals surface area contributed by atoms with E-state index in [2.05, 4.69) is 17.1 Å². The number of ether oxygens (including phenoxy) is 1. The molecule has 0 spiro atoms. The molecular weight excluding hydrogens is 480 g/mol. The van der Waals surface area contributed by atoms with Gasteiger partial charge in [-0.2, -0.15) is 0 Å². The first-order chi connectivity index (χ1) is 17.1. The fraction of sp³-hybridized carbons (Fsp3) is 0.296. The highest BCUT2D eigenvalue weighted by Gasteiger charge is 2.28. The molecule has 0 bridgehead atoms. The van der Waals surface area contributed by atoms with Crippen LogP contribution in [0.2, 0.25) is 0 Å². The van der Waals surface area contributed by atoms with Gasteiger partial charge in [-0.05, 0) is 35.2 Å². The Balaban J connectivity index is 1.31. The molecule has 3 aromatic rings. The number of thioether (sulfide) groups is 1. The minimum absolute atomic E-state index is 0.00906. The molecule has 4 rings (SSSR count). The van der Waals surface area contributed by atoms with Gasteiger partial charge in [-0.15, -0.1) is 11.3 Å². The molecule has 2 aromatic carbocycles. The van der Waals surface area contributed by atoms with E-state index in [1.807, 2.05) is 47.4 Å². The van der Waals surface area contributed by atoms with Gasteiger partial charge in [-0.1, -0.05) is 60.3 Å². The topological polar surface area (TPSA) is 79.7 Å². The Morgan fingerprint density at radius 1 is 1.26 bits per heavy atom. The van der Waals surface area contributed by atoms with Crippen molar-refractivity contribution in [2.24, 2.45) is 0 Å². The molecule has 35 heavy (non-hydrogen) atoms. The number of amides is 1. The van der Waals surface area contributed by atoms with Crippen molar-refractivity contribution in [3.63, 3.8) is 0 Å². The molecule has 1 N–H and O–H groups in total. The first-order valence-corrected chi connectivity index (χ1v) is 13.3. The minimum atomic E-state index is -0.634. The number of carbonyl (C=O) groups is 2. The van der Waals surface area contributed by atoms with Crippen LogP contribution >= 0.6 is 23.1 Å². The van der Waals surface area contributed by atoms with E-state index in [1.165, 1.54) is 11.3 Å². The molecule has 0 radical (unpaired) electrons. The van der Waals surface area contributed by atoms with Crippen LogP contribution in [-0.2, 0) is 11.2 Å². The molecule has 1 aliphatic rings. The first-order valence-electron chi connectivity index (χ1n) is 11.5. The second-order valence-electron chi connectivity index (χ2n) is 8.28. The van der Waals surface area contributed by atoms with Crippen LogP contribution < -0.4 is 4.74 Å². The maximum absolute atomic E-state index is 12.4. The summed E-state index contributed by atoms with van der Waals surface area (Å²) in [5.74, 6) is 1.66. The van der Waals surface area contributed by atoms with Gasteiger partial charge < -0.3 is 14.7 Å². The molecule has 8 heteroatoms. The number of rotatable bonds is 11. The van der Waals surface area contributed by atoms with Gasteiger partial charge in [0.25, 0.3) is 0 Å². The second kappa shape index (κ2) is 12.2. The molecule has 1 aliphatic heterocycles. The van der Waals surface area contributed by atoms with Crippen LogP contribution in [0, 0.1) is 0 Å². The van der Waals surface area contributed by atoms with Crippen LogP contribution in [0.25, 0.3) is 11.1 Å². The molecule has 1 aromatic heterocycles. The van der Waals surface area contributed by atoms with E-state index >= 15 is 0 Å². The average Bonchev–Trinajstić information content (AvgIpc) is 3.49. The Kier molecular flexibility index (Phi) is 8.74. The van der Waals surface area contributed by atoms with Gasteiger partial charge in [0, 0.05) is 30.5 Å². The normalized spacial score (nSPS) is 16.7. The highest BCUT2D eigenvalue weighted by molar-refractivity contribution is 8.01. The molecule has 0 aliphatic carbocycles. The van der Waals surface area contributed by atoms with Crippen molar-refractivity contribution in [3.8, 4) is 16.9 Å². The Hall–Kier alpha value is -2.94. The third-order valence-corrected chi connectivity index (χ3v) is 7.92. The zero-order chi connectivity index (χ0) is 24.6. The summed E-state index contributed by atoms with van der Waals surface area (Å²) in [6.45, 7) is 0.606. The van der Waals surface area contributed by atoms with Crippen molar-refractivity contribution >= 4 is 35.3 Å². The number of aromatic nitrogens is 1. The minimum Gasteiger partial charge on any atom is -0.497 e. The van der Waals surface area contributed by atoms with Crippen molar-refractivity contribution in [1.82, 2.24) is 9.88 Å². The summed E-state index contributed by atoms with van der Waals surface area (Å²) in [6, 6.07) is 16.1. The van der Waals surface area contributed by atoms with E-state index in [1.54, 1.807) is 30.3 Å². The Morgan fingerprint density at radius 3 is 2.83 bits per heavy atom. The summed E-state index contributed by atoms with van der Waals surface area (Å²) in [5, 5.41) is 12.4. The third-order valence-electron chi connectivity index (χ3n) is 5.90. The molecule has 1 amide bonds. The van der Waals surface area contributed by atoms with Crippen LogP contribution in [0.4, 0.5) is 0 Å². The van der Waals surface area contributed by atoms with E-state index in [0.29, 0.717) is 30.8 Å². The Labute approximate surface area is 213 Å². The first kappa shape index (κ1) is 25.2. The van der Waals surface area contributed by atoms with E-state index in [4.69, 9.17) is 4.74 Å². The predicted octanol–water partition coefficient (Wildman–Crippen LogP) is 4.87. The number of nitrogens with zero attached hydrogens (tertiary/aromatic N) is 2. The Morgan fingerprint density at radius 2 is 2.09 bits per heavy atom. The molecule has 182 valence electrons. The zero-order valence-corrected chi connectivity index (χ0v) is 21.1. The van der Waals surface area contributed by atoms with E-state index < -0.39 is 6.10 Å². The summed E-state index contributed by atoms with van der Waals surface area (Å²) in [4.78, 5) is 29.3. The number of aldehydes is 1. The maximum Gasteiger partial charge on any atom is 0.223 e. The van der Waals surface area contributed by atoms with Crippen LogP contribution in [0.15, 0.2) is 70.4 Å². The van der Waals surface area contributed by atoms with E-state index in [0.717, 1.165) is 39.5 Å². The highest BCUT2D eigenvalue weighted by Crippen LogP contribution is 2.26. The number of methoxy groups -OCH3 is 1. The summed E-state index contributed by atoms with van der Waals surface area (Å²) in [7, 11) is 1.65. The van der Waals surface area contributed by atoms with Crippen LogP contribution in [0.1, 0.15) is 28.9 Å². The average molecular weight is 509 g/mol. The lowest BCUT2D eigenvalue weighted by Gasteiger charge is -2.22. The molecule has 2 atom stereocenters. The lowest BCUT2D eigenvalue weighted by molar-refractivity contribution is -0.128. The van der Waals surface area contributed by atoms with Crippen LogP contribution in [0.3, 0.4) is 0 Å². The number of likely N-dealkylation sites (tertiary alicyclic amines) is 1. The third kappa shape index (κ3) is 6.81.